The summed E-state index contributed by atoms with van der Waals surface area (Å²) in [6, 6.07) is 9.70. The Bertz CT molecular complexity index is 578. The number of rotatable bonds is 5. The Morgan fingerprint density at radius 2 is 2.12 bits per heavy atom. The second-order valence-electron chi connectivity index (χ2n) is 6.25. The molecule has 2 heterocycles. The monoisotopic (exact) mass is 331 g/mol. The highest BCUT2D eigenvalue weighted by Crippen LogP contribution is 2.24. The van der Waals surface area contributed by atoms with Crippen molar-refractivity contribution in [2.24, 2.45) is 0 Å². The molecule has 0 bridgehead atoms. The molecular formula is C18H25N3O3. The molecule has 24 heavy (non-hydrogen) atoms. The van der Waals surface area contributed by atoms with Gasteiger partial charge in [-0.25, -0.2) is 4.79 Å². The number of piperidine rings is 1. The maximum atomic E-state index is 13.0. The highest BCUT2D eigenvalue weighted by Gasteiger charge is 2.35. The van der Waals surface area contributed by atoms with Gasteiger partial charge in [0.2, 0.25) is 0 Å². The predicted molar refractivity (Wildman–Crippen MR) is 90.5 cm³/mol. The lowest BCUT2D eigenvalue weighted by Gasteiger charge is -2.38. The first kappa shape index (κ1) is 16.8. The number of nitrogens with zero attached hydrogens (tertiary/aromatic N) is 2. The molecule has 0 radical (unpaired) electrons. The van der Waals surface area contributed by atoms with Crippen molar-refractivity contribution in [1.29, 1.82) is 0 Å². The molecule has 0 aromatic heterocycles. The van der Waals surface area contributed by atoms with Gasteiger partial charge in [0, 0.05) is 32.8 Å². The van der Waals surface area contributed by atoms with Crippen molar-refractivity contribution in [2.45, 2.75) is 31.9 Å². The molecule has 0 aliphatic carbocycles. The van der Waals surface area contributed by atoms with E-state index < -0.39 is 6.10 Å². The minimum Gasteiger partial charge on any atom is -0.364 e. The minimum absolute atomic E-state index is 0.00708. The van der Waals surface area contributed by atoms with Crippen LogP contribution in [0.1, 0.15) is 31.4 Å². The van der Waals surface area contributed by atoms with Crippen molar-refractivity contribution in [3.8, 4) is 0 Å². The van der Waals surface area contributed by atoms with Gasteiger partial charge in [0.25, 0.3) is 5.91 Å². The van der Waals surface area contributed by atoms with Crippen LogP contribution in [0.15, 0.2) is 30.3 Å². The molecule has 1 aromatic carbocycles. The van der Waals surface area contributed by atoms with Gasteiger partial charge in [-0.05, 0) is 25.3 Å². The third-order valence-corrected chi connectivity index (χ3v) is 4.70. The van der Waals surface area contributed by atoms with E-state index >= 15 is 0 Å². The third kappa shape index (κ3) is 3.53. The zero-order chi connectivity index (χ0) is 16.9. The van der Waals surface area contributed by atoms with Crippen LogP contribution in [-0.2, 0) is 9.53 Å². The van der Waals surface area contributed by atoms with Gasteiger partial charge in [-0.3, -0.25) is 4.79 Å². The molecule has 2 saturated heterocycles. The number of urea groups is 1. The lowest BCUT2D eigenvalue weighted by Crippen LogP contribution is -2.51. The van der Waals surface area contributed by atoms with Crippen molar-refractivity contribution in [3.63, 3.8) is 0 Å². The van der Waals surface area contributed by atoms with Crippen LogP contribution >= 0.6 is 0 Å². The smallest absolute Gasteiger partial charge is 0.317 e. The molecule has 2 fully saturated rings. The van der Waals surface area contributed by atoms with Crippen LogP contribution < -0.4 is 5.32 Å². The van der Waals surface area contributed by atoms with E-state index in [0.717, 1.165) is 31.5 Å². The maximum Gasteiger partial charge on any atom is 0.317 e. The summed E-state index contributed by atoms with van der Waals surface area (Å²) in [4.78, 5) is 28.6. The number of nitrogens with one attached hydrogen (secondary N) is 1. The fourth-order valence-corrected chi connectivity index (χ4v) is 3.51. The molecule has 6 nitrogen and oxygen atoms in total. The van der Waals surface area contributed by atoms with Gasteiger partial charge in [0.1, 0.15) is 0 Å². The van der Waals surface area contributed by atoms with Crippen LogP contribution in [0.2, 0.25) is 0 Å². The topological polar surface area (TPSA) is 61.9 Å². The number of carbonyl (C=O) groups excluding carboxylic acids is 2. The van der Waals surface area contributed by atoms with Crippen LogP contribution in [-0.4, -0.2) is 60.6 Å². The van der Waals surface area contributed by atoms with Crippen LogP contribution in [0, 0.1) is 0 Å². The molecule has 0 unspecified atom stereocenters. The van der Waals surface area contributed by atoms with E-state index in [0.29, 0.717) is 19.7 Å². The summed E-state index contributed by atoms with van der Waals surface area (Å²) in [5.74, 6) is -0.00708. The van der Waals surface area contributed by atoms with Crippen LogP contribution in [0.4, 0.5) is 4.79 Å². The van der Waals surface area contributed by atoms with Crippen molar-refractivity contribution in [1.82, 2.24) is 15.1 Å². The Morgan fingerprint density at radius 3 is 2.79 bits per heavy atom. The summed E-state index contributed by atoms with van der Waals surface area (Å²) in [5.41, 5.74) is 0.880. The van der Waals surface area contributed by atoms with E-state index in [4.69, 9.17) is 4.74 Å². The van der Waals surface area contributed by atoms with E-state index in [1.165, 1.54) is 0 Å². The summed E-state index contributed by atoms with van der Waals surface area (Å²) in [7, 11) is 0. The van der Waals surface area contributed by atoms with E-state index in [1.807, 2.05) is 47.1 Å². The second-order valence-corrected chi connectivity index (χ2v) is 6.25. The Labute approximate surface area is 142 Å². The van der Waals surface area contributed by atoms with E-state index in [-0.39, 0.29) is 18.0 Å². The predicted octanol–water partition coefficient (Wildman–Crippen LogP) is 1.78. The fourth-order valence-electron chi connectivity index (χ4n) is 3.51. The normalized spacial score (nSPS) is 22.4. The average Bonchev–Trinajstić information content (AvgIpc) is 3.06. The number of benzene rings is 1. The number of carbonyl (C=O) groups is 2. The molecule has 0 saturated carbocycles. The van der Waals surface area contributed by atoms with E-state index in [9.17, 15) is 9.59 Å². The van der Waals surface area contributed by atoms with Crippen LogP contribution in [0.3, 0.4) is 0 Å². The summed E-state index contributed by atoms with van der Waals surface area (Å²) in [6.07, 6.45) is 1.29. The van der Waals surface area contributed by atoms with Gasteiger partial charge >= 0.3 is 6.03 Å². The largest absolute Gasteiger partial charge is 0.364 e. The summed E-state index contributed by atoms with van der Waals surface area (Å²) in [6.45, 7) is 5.10. The molecule has 2 aliphatic heterocycles. The van der Waals surface area contributed by atoms with Gasteiger partial charge in [-0.15, -0.1) is 0 Å². The molecule has 2 atom stereocenters. The molecule has 6 heteroatoms. The van der Waals surface area contributed by atoms with Gasteiger partial charge in [0.15, 0.2) is 6.10 Å². The molecule has 3 rings (SSSR count). The first-order chi connectivity index (χ1) is 11.7. The zero-order valence-corrected chi connectivity index (χ0v) is 14.1. The summed E-state index contributed by atoms with van der Waals surface area (Å²) >= 11 is 0. The number of likely N-dealkylation sites (tertiary alicyclic amines) is 1. The van der Waals surface area contributed by atoms with Gasteiger partial charge < -0.3 is 19.9 Å². The Kier molecular flexibility index (Phi) is 5.35. The van der Waals surface area contributed by atoms with Crippen molar-refractivity contribution < 1.29 is 14.3 Å². The lowest BCUT2D eigenvalue weighted by molar-refractivity contribution is -0.146. The number of amides is 3. The SMILES string of the molecule is CCO[C@@H](C(=O)N1CCC[C@@H](N2CCNC2=O)C1)c1ccccc1. The molecule has 3 amide bonds. The first-order valence-corrected chi connectivity index (χ1v) is 8.70. The van der Waals surface area contributed by atoms with E-state index in [1.54, 1.807) is 0 Å². The zero-order valence-electron chi connectivity index (χ0n) is 14.1. The van der Waals surface area contributed by atoms with Crippen LogP contribution in [0.25, 0.3) is 0 Å². The summed E-state index contributed by atoms with van der Waals surface area (Å²) < 4.78 is 5.74. The fraction of sp³-hybridized carbons (Fsp3) is 0.556. The maximum absolute atomic E-state index is 13.0. The van der Waals surface area contributed by atoms with Crippen molar-refractivity contribution >= 4 is 11.9 Å². The molecule has 130 valence electrons. The van der Waals surface area contributed by atoms with Gasteiger partial charge in [-0.2, -0.15) is 0 Å². The molecule has 1 N–H and O–H groups in total. The molecule has 2 aliphatic rings. The second kappa shape index (κ2) is 7.66. The standard InChI is InChI=1S/C18H25N3O3/c1-2-24-16(14-7-4-3-5-8-14)17(22)20-11-6-9-15(13-20)21-12-10-19-18(21)23/h3-5,7-8,15-16H,2,6,9-13H2,1H3,(H,19,23)/t15-,16-/m1/s1. The molecule has 1 aromatic rings. The van der Waals surface area contributed by atoms with Crippen molar-refractivity contribution in [2.75, 3.05) is 32.8 Å². The minimum atomic E-state index is -0.567. The number of hydrogen-bond donors (Lipinski definition) is 1. The van der Waals surface area contributed by atoms with Gasteiger partial charge in [0.05, 0.1) is 6.04 Å². The van der Waals surface area contributed by atoms with Crippen LogP contribution in [0.5, 0.6) is 0 Å². The quantitative estimate of drug-likeness (QED) is 0.895. The highest BCUT2D eigenvalue weighted by molar-refractivity contribution is 5.83. The Balaban J connectivity index is 1.71. The van der Waals surface area contributed by atoms with Gasteiger partial charge in [-0.1, -0.05) is 30.3 Å². The summed E-state index contributed by atoms with van der Waals surface area (Å²) in [5, 5.41) is 2.84. The lowest BCUT2D eigenvalue weighted by atomic mass is 10.0. The molecular weight excluding hydrogens is 306 g/mol. The third-order valence-electron chi connectivity index (χ3n) is 4.70. The van der Waals surface area contributed by atoms with E-state index in [2.05, 4.69) is 5.32 Å². The Morgan fingerprint density at radius 1 is 1.33 bits per heavy atom. The average molecular weight is 331 g/mol. The highest BCUT2D eigenvalue weighted by atomic mass is 16.5. The Hall–Kier alpha value is -2.08. The first-order valence-electron chi connectivity index (χ1n) is 8.70. The number of ether oxygens (including phenoxy) is 1. The number of hydrogen-bond acceptors (Lipinski definition) is 3. The molecule has 0 spiro atoms. The van der Waals surface area contributed by atoms with Crippen molar-refractivity contribution in [3.05, 3.63) is 35.9 Å².